The van der Waals surface area contributed by atoms with Gasteiger partial charge in [0.05, 0.1) is 16.6 Å². The molecule has 1 aromatic rings. The second-order valence-electron chi connectivity index (χ2n) is 5.09. The van der Waals surface area contributed by atoms with Gasteiger partial charge in [-0.3, -0.25) is 4.79 Å². The van der Waals surface area contributed by atoms with Crippen LogP contribution in [0.2, 0.25) is 5.02 Å². The second kappa shape index (κ2) is 6.91. The fourth-order valence-corrected chi connectivity index (χ4v) is 2.50. The molecule has 2 N–H and O–H groups in total. The summed E-state index contributed by atoms with van der Waals surface area (Å²) in [7, 11) is 0. The number of likely N-dealkylation sites (tertiary alicyclic amines) is 1. The Labute approximate surface area is 130 Å². The van der Waals surface area contributed by atoms with Crippen molar-refractivity contribution in [2.24, 2.45) is 5.92 Å². The van der Waals surface area contributed by atoms with Crippen LogP contribution >= 0.6 is 11.6 Å². The van der Waals surface area contributed by atoms with Gasteiger partial charge in [0.25, 0.3) is 6.43 Å². The number of amides is 2. The number of carboxylic acid groups (broad SMARTS) is 1. The van der Waals surface area contributed by atoms with Gasteiger partial charge in [0.2, 0.25) is 0 Å². The number of hydrogen-bond donors (Lipinski definition) is 2. The highest BCUT2D eigenvalue weighted by atomic mass is 35.5. The zero-order valence-electron chi connectivity index (χ0n) is 11.6. The molecule has 0 bridgehead atoms. The highest BCUT2D eigenvalue weighted by Crippen LogP contribution is 2.28. The number of nitrogens with zero attached hydrogens (tertiary/aromatic N) is 1. The van der Waals surface area contributed by atoms with Gasteiger partial charge in [-0.05, 0) is 25.0 Å². The maximum atomic E-state index is 12.7. The fraction of sp³-hybridized carbons (Fsp3) is 0.429. The molecule has 1 aliphatic heterocycles. The van der Waals surface area contributed by atoms with Gasteiger partial charge < -0.3 is 15.3 Å². The van der Waals surface area contributed by atoms with Crippen molar-refractivity contribution in [3.05, 3.63) is 28.8 Å². The quantitative estimate of drug-likeness (QED) is 0.888. The van der Waals surface area contributed by atoms with Gasteiger partial charge in [0, 0.05) is 18.7 Å². The number of carbonyl (C=O) groups excluding carboxylic acids is 1. The molecule has 0 saturated carbocycles. The van der Waals surface area contributed by atoms with Crippen LogP contribution in [0, 0.1) is 5.92 Å². The first kappa shape index (κ1) is 16.5. The zero-order valence-corrected chi connectivity index (χ0v) is 12.3. The predicted molar refractivity (Wildman–Crippen MR) is 77.4 cm³/mol. The third-order valence-electron chi connectivity index (χ3n) is 3.54. The number of anilines is 1. The minimum Gasteiger partial charge on any atom is -0.481 e. The van der Waals surface area contributed by atoms with Crippen LogP contribution in [0.25, 0.3) is 0 Å². The van der Waals surface area contributed by atoms with Gasteiger partial charge in [-0.2, -0.15) is 0 Å². The molecule has 2 rings (SSSR count). The number of alkyl halides is 2. The van der Waals surface area contributed by atoms with E-state index in [0.717, 1.165) is 6.07 Å². The molecule has 1 aromatic carbocycles. The molecule has 1 heterocycles. The highest BCUT2D eigenvalue weighted by molar-refractivity contribution is 6.33. The highest BCUT2D eigenvalue weighted by Gasteiger charge is 2.28. The van der Waals surface area contributed by atoms with Crippen molar-refractivity contribution in [2.75, 3.05) is 18.4 Å². The fourth-order valence-electron chi connectivity index (χ4n) is 2.33. The van der Waals surface area contributed by atoms with Crippen LogP contribution in [0.1, 0.15) is 24.8 Å². The van der Waals surface area contributed by atoms with Crippen LogP contribution in [-0.2, 0) is 4.79 Å². The number of urea groups is 1. The normalized spacial score (nSPS) is 18.4. The topological polar surface area (TPSA) is 69.6 Å². The molecule has 0 aliphatic carbocycles. The van der Waals surface area contributed by atoms with E-state index in [-0.39, 0.29) is 22.8 Å². The molecule has 120 valence electrons. The first-order valence-electron chi connectivity index (χ1n) is 6.75. The number of carboxylic acids is 1. The lowest BCUT2D eigenvalue weighted by atomic mass is 9.99. The smallest absolute Gasteiger partial charge is 0.321 e. The van der Waals surface area contributed by atoms with E-state index in [1.165, 1.54) is 17.0 Å². The van der Waals surface area contributed by atoms with Crippen molar-refractivity contribution in [1.82, 2.24) is 4.90 Å². The first-order valence-corrected chi connectivity index (χ1v) is 7.12. The third-order valence-corrected chi connectivity index (χ3v) is 3.87. The van der Waals surface area contributed by atoms with Crippen molar-refractivity contribution in [2.45, 2.75) is 19.3 Å². The van der Waals surface area contributed by atoms with E-state index >= 15 is 0 Å². The van der Waals surface area contributed by atoms with Crippen LogP contribution < -0.4 is 5.32 Å². The van der Waals surface area contributed by atoms with Crippen molar-refractivity contribution < 1.29 is 23.5 Å². The molecular weight excluding hydrogens is 318 g/mol. The van der Waals surface area contributed by atoms with Crippen LogP contribution in [0.4, 0.5) is 19.3 Å². The summed E-state index contributed by atoms with van der Waals surface area (Å²) in [6.45, 7) is 0.509. The molecule has 22 heavy (non-hydrogen) atoms. The average Bonchev–Trinajstić information content (AvgIpc) is 2.49. The molecule has 1 fully saturated rings. The van der Waals surface area contributed by atoms with Crippen molar-refractivity contribution in [3.8, 4) is 0 Å². The molecular formula is C14H15ClF2N2O3. The van der Waals surface area contributed by atoms with E-state index in [1.54, 1.807) is 0 Å². The number of halogens is 3. The van der Waals surface area contributed by atoms with E-state index in [0.29, 0.717) is 19.4 Å². The Morgan fingerprint density at radius 1 is 1.41 bits per heavy atom. The Bertz CT molecular complexity index is 583. The number of rotatable bonds is 3. The standard InChI is InChI=1S/C14H15ClF2N2O3/c15-10-4-3-8(12(16)17)6-11(10)18-14(22)19-5-1-2-9(7-19)13(20)21/h3-4,6,9,12H,1-2,5,7H2,(H,18,22)(H,20,21). The average molecular weight is 333 g/mol. The summed E-state index contributed by atoms with van der Waals surface area (Å²) >= 11 is 5.89. The van der Waals surface area contributed by atoms with Gasteiger partial charge in [0.1, 0.15) is 0 Å². The maximum absolute atomic E-state index is 12.7. The SMILES string of the molecule is O=C(O)C1CCCN(C(=O)Nc2cc(C(F)F)ccc2Cl)C1. The van der Waals surface area contributed by atoms with Crippen LogP contribution in [0.5, 0.6) is 0 Å². The lowest BCUT2D eigenvalue weighted by Gasteiger charge is -2.30. The Morgan fingerprint density at radius 3 is 2.77 bits per heavy atom. The van der Waals surface area contributed by atoms with E-state index < -0.39 is 24.3 Å². The first-order chi connectivity index (χ1) is 10.4. The zero-order chi connectivity index (χ0) is 16.3. The Kier molecular flexibility index (Phi) is 5.18. The molecule has 8 heteroatoms. The van der Waals surface area contributed by atoms with E-state index in [1.807, 2.05) is 0 Å². The molecule has 1 unspecified atom stereocenters. The summed E-state index contributed by atoms with van der Waals surface area (Å²) in [5.41, 5.74) is -0.163. The second-order valence-corrected chi connectivity index (χ2v) is 5.50. The summed E-state index contributed by atoms with van der Waals surface area (Å²) in [5, 5.41) is 11.6. The summed E-state index contributed by atoms with van der Waals surface area (Å²) in [6.07, 6.45) is -1.57. The van der Waals surface area contributed by atoms with Gasteiger partial charge in [0.15, 0.2) is 0 Å². The predicted octanol–water partition coefficient (Wildman–Crippen LogP) is 3.61. The summed E-state index contributed by atoms with van der Waals surface area (Å²) < 4.78 is 25.4. The van der Waals surface area contributed by atoms with Crippen molar-refractivity contribution in [3.63, 3.8) is 0 Å². The number of hydrogen-bond acceptors (Lipinski definition) is 2. The summed E-state index contributed by atoms with van der Waals surface area (Å²) in [6, 6.07) is 3.04. The largest absolute Gasteiger partial charge is 0.481 e. The van der Waals surface area contributed by atoms with Gasteiger partial charge in [-0.25, -0.2) is 13.6 Å². The molecule has 0 spiro atoms. The van der Waals surface area contributed by atoms with Gasteiger partial charge in [-0.15, -0.1) is 0 Å². The van der Waals surface area contributed by atoms with Gasteiger partial charge >= 0.3 is 12.0 Å². The van der Waals surface area contributed by atoms with Crippen molar-refractivity contribution in [1.29, 1.82) is 0 Å². The number of piperidine rings is 1. The molecule has 5 nitrogen and oxygen atoms in total. The number of carbonyl (C=O) groups is 2. The molecule has 0 radical (unpaired) electrons. The van der Waals surface area contributed by atoms with E-state index in [9.17, 15) is 18.4 Å². The lowest BCUT2D eigenvalue weighted by molar-refractivity contribution is -0.143. The monoisotopic (exact) mass is 332 g/mol. The Balaban J connectivity index is 2.08. The van der Waals surface area contributed by atoms with Crippen LogP contribution in [0.15, 0.2) is 18.2 Å². The summed E-state index contributed by atoms with van der Waals surface area (Å²) in [4.78, 5) is 24.5. The maximum Gasteiger partial charge on any atom is 0.321 e. The summed E-state index contributed by atoms with van der Waals surface area (Å²) in [5.74, 6) is -1.56. The number of aliphatic carboxylic acids is 1. The third kappa shape index (κ3) is 3.85. The molecule has 2 amide bonds. The molecule has 0 aromatic heterocycles. The lowest BCUT2D eigenvalue weighted by Crippen LogP contribution is -2.44. The van der Waals surface area contributed by atoms with Crippen LogP contribution in [0.3, 0.4) is 0 Å². The Morgan fingerprint density at radius 2 is 2.14 bits per heavy atom. The number of nitrogens with one attached hydrogen (secondary N) is 1. The minimum absolute atomic E-state index is 0.0851. The Hall–Kier alpha value is -1.89. The van der Waals surface area contributed by atoms with Gasteiger partial charge in [-0.1, -0.05) is 17.7 Å². The van der Waals surface area contributed by atoms with E-state index in [2.05, 4.69) is 5.32 Å². The van der Waals surface area contributed by atoms with Crippen LogP contribution in [-0.4, -0.2) is 35.1 Å². The van der Waals surface area contributed by atoms with E-state index in [4.69, 9.17) is 16.7 Å². The number of benzene rings is 1. The van der Waals surface area contributed by atoms with Crippen molar-refractivity contribution >= 4 is 29.3 Å². The molecule has 1 aliphatic rings. The molecule has 1 atom stereocenters. The minimum atomic E-state index is -2.67. The molecule has 1 saturated heterocycles.